The van der Waals surface area contributed by atoms with Crippen LogP contribution in [-0.2, 0) is 9.53 Å². The van der Waals surface area contributed by atoms with Crippen LogP contribution >= 0.6 is 11.3 Å². The summed E-state index contributed by atoms with van der Waals surface area (Å²) >= 11 is 1.47. The number of thiophene rings is 1. The van der Waals surface area contributed by atoms with E-state index in [1.165, 1.54) is 17.8 Å². The Morgan fingerprint density at radius 3 is 2.83 bits per heavy atom. The molecule has 1 saturated heterocycles. The number of carbonyl (C=O) groups is 2. The highest BCUT2D eigenvalue weighted by Crippen LogP contribution is 2.48. The van der Waals surface area contributed by atoms with Gasteiger partial charge in [-0.25, -0.2) is 0 Å². The van der Waals surface area contributed by atoms with E-state index in [9.17, 15) is 9.59 Å². The molecule has 3 rings (SSSR count). The zero-order chi connectivity index (χ0) is 17.0. The number of likely N-dealkylation sites (tertiary alicyclic amines) is 1. The second kappa shape index (κ2) is 7.66. The number of hydrogen-bond acceptors (Lipinski definition) is 4. The van der Waals surface area contributed by atoms with Gasteiger partial charge < -0.3 is 15.0 Å². The Morgan fingerprint density at radius 2 is 2.17 bits per heavy atom. The standard InChI is InChI=1S/C18H26N2O3S/c1-23-10-9-19-16(21)14-12-20(17(22)15-6-5-11-24-15)13-18(14)7-3-2-4-8-18/h5-6,11,14H,2-4,7-10,12-13H2,1H3,(H,19,21)/t14-/m1/s1. The molecule has 1 spiro atoms. The minimum Gasteiger partial charge on any atom is -0.383 e. The lowest BCUT2D eigenvalue weighted by Crippen LogP contribution is -2.43. The third kappa shape index (κ3) is 3.49. The topological polar surface area (TPSA) is 58.6 Å². The molecule has 1 aromatic rings. The van der Waals surface area contributed by atoms with Crippen molar-refractivity contribution in [2.45, 2.75) is 32.1 Å². The van der Waals surface area contributed by atoms with Gasteiger partial charge in [-0.1, -0.05) is 25.3 Å². The Bertz CT molecular complexity index is 567. The number of nitrogens with one attached hydrogen (secondary N) is 1. The molecule has 2 aliphatic rings. The first-order chi connectivity index (χ1) is 11.7. The molecule has 24 heavy (non-hydrogen) atoms. The Morgan fingerprint density at radius 1 is 1.38 bits per heavy atom. The van der Waals surface area contributed by atoms with Gasteiger partial charge >= 0.3 is 0 Å². The maximum atomic E-state index is 12.7. The number of nitrogens with zero attached hydrogens (tertiary/aromatic N) is 1. The van der Waals surface area contributed by atoms with E-state index >= 15 is 0 Å². The molecule has 1 atom stereocenters. The second-order valence-corrected chi connectivity index (χ2v) is 7.87. The molecule has 2 amide bonds. The molecule has 5 nitrogen and oxygen atoms in total. The molecule has 2 heterocycles. The first-order valence-corrected chi connectivity index (χ1v) is 9.64. The number of rotatable bonds is 5. The minimum absolute atomic E-state index is 0.0394. The van der Waals surface area contributed by atoms with Gasteiger partial charge in [0.1, 0.15) is 0 Å². The van der Waals surface area contributed by atoms with Crippen LogP contribution in [0, 0.1) is 11.3 Å². The van der Waals surface area contributed by atoms with E-state index in [2.05, 4.69) is 5.32 Å². The molecule has 0 bridgehead atoms. The predicted octanol–water partition coefficient (Wildman–Crippen LogP) is 2.53. The van der Waals surface area contributed by atoms with Crippen LogP contribution in [-0.4, -0.2) is 50.1 Å². The van der Waals surface area contributed by atoms with Crippen molar-refractivity contribution in [1.29, 1.82) is 0 Å². The Kier molecular flexibility index (Phi) is 5.56. The van der Waals surface area contributed by atoms with Gasteiger partial charge in [0.25, 0.3) is 5.91 Å². The van der Waals surface area contributed by atoms with E-state index in [1.54, 1.807) is 7.11 Å². The van der Waals surface area contributed by atoms with E-state index < -0.39 is 0 Å². The number of ether oxygens (including phenoxy) is 1. The Labute approximate surface area is 147 Å². The van der Waals surface area contributed by atoms with Crippen molar-refractivity contribution in [3.8, 4) is 0 Å². The smallest absolute Gasteiger partial charge is 0.263 e. The minimum atomic E-state index is -0.0985. The second-order valence-electron chi connectivity index (χ2n) is 6.92. The molecule has 1 aliphatic heterocycles. The zero-order valence-electron chi connectivity index (χ0n) is 14.3. The van der Waals surface area contributed by atoms with Crippen molar-refractivity contribution < 1.29 is 14.3 Å². The van der Waals surface area contributed by atoms with Gasteiger partial charge in [-0.15, -0.1) is 11.3 Å². The fourth-order valence-corrected chi connectivity index (χ4v) is 4.89. The summed E-state index contributed by atoms with van der Waals surface area (Å²) in [6, 6.07) is 3.77. The molecular formula is C18H26N2O3S. The molecule has 1 aromatic heterocycles. The van der Waals surface area contributed by atoms with Crippen molar-refractivity contribution in [3.63, 3.8) is 0 Å². The molecule has 0 aromatic carbocycles. The van der Waals surface area contributed by atoms with E-state index in [4.69, 9.17) is 4.74 Å². The van der Waals surface area contributed by atoms with Crippen LogP contribution in [0.25, 0.3) is 0 Å². The molecule has 1 saturated carbocycles. The third-order valence-electron chi connectivity index (χ3n) is 5.44. The van der Waals surface area contributed by atoms with Gasteiger partial charge in [-0.3, -0.25) is 9.59 Å². The highest BCUT2D eigenvalue weighted by Gasteiger charge is 2.51. The summed E-state index contributed by atoms with van der Waals surface area (Å²) < 4.78 is 5.02. The van der Waals surface area contributed by atoms with Gasteiger partial charge in [-0.05, 0) is 24.3 Å². The van der Waals surface area contributed by atoms with Gasteiger partial charge in [0.2, 0.25) is 5.91 Å². The summed E-state index contributed by atoms with van der Waals surface area (Å²) in [7, 11) is 1.63. The van der Waals surface area contributed by atoms with Crippen LogP contribution in [0.15, 0.2) is 17.5 Å². The summed E-state index contributed by atoms with van der Waals surface area (Å²) in [5.74, 6) is 0.0520. The SMILES string of the molecule is COCCNC(=O)[C@H]1CN(C(=O)c2cccs2)CC12CCCCC2. The van der Waals surface area contributed by atoms with Crippen molar-refractivity contribution in [2.24, 2.45) is 11.3 Å². The summed E-state index contributed by atoms with van der Waals surface area (Å²) in [6.07, 6.45) is 5.64. The van der Waals surface area contributed by atoms with E-state index in [-0.39, 0.29) is 23.1 Å². The lowest BCUT2D eigenvalue weighted by Gasteiger charge is -2.37. The normalized spacial score (nSPS) is 22.7. The fraction of sp³-hybridized carbons (Fsp3) is 0.667. The van der Waals surface area contributed by atoms with Crippen LogP contribution < -0.4 is 5.32 Å². The average Bonchev–Trinajstić information content (AvgIpc) is 3.24. The van der Waals surface area contributed by atoms with Crippen LogP contribution in [0.1, 0.15) is 41.8 Å². The first kappa shape index (κ1) is 17.4. The fourth-order valence-electron chi connectivity index (χ4n) is 4.20. The molecule has 0 radical (unpaired) electrons. The van der Waals surface area contributed by atoms with Crippen molar-refractivity contribution in [3.05, 3.63) is 22.4 Å². The number of hydrogen-bond donors (Lipinski definition) is 1. The predicted molar refractivity (Wildman–Crippen MR) is 94.1 cm³/mol. The van der Waals surface area contributed by atoms with Crippen molar-refractivity contribution >= 4 is 23.2 Å². The average molecular weight is 350 g/mol. The molecule has 1 aliphatic carbocycles. The van der Waals surface area contributed by atoms with Gasteiger partial charge in [0.15, 0.2) is 0 Å². The molecule has 6 heteroatoms. The molecule has 0 unspecified atom stereocenters. The van der Waals surface area contributed by atoms with Crippen LogP contribution in [0.2, 0.25) is 0 Å². The third-order valence-corrected chi connectivity index (χ3v) is 6.30. The number of carbonyl (C=O) groups excluding carboxylic acids is 2. The highest BCUT2D eigenvalue weighted by molar-refractivity contribution is 7.12. The summed E-state index contributed by atoms with van der Waals surface area (Å²) in [6.45, 7) is 2.30. The lowest BCUT2D eigenvalue weighted by molar-refractivity contribution is -0.128. The quantitative estimate of drug-likeness (QED) is 0.830. The summed E-state index contributed by atoms with van der Waals surface area (Å²) in [5.41, 5.74) is -0.0394. The maximum absolute atomic E-state index is 12.7. The highest BCUT2D eigenvalue weighted by atomic mass is 32.1. The van der Waals surface area contributed by atoms with E-state index in [0.717, 1.165) is 30.6 Å². The number of methoxy groups -OCH3 is 1. The lowest BCUT2D eigenvalue weighted by atomic mass is 9.67. The molecule has 132 valence electrons. The van der Waals surface area contributed by atoms with E-state index in [1.807, 2.05) is 22.4 Å². The van der Waals surface area contributed by atoms with Gasteiger partial charge in [0.05, 0.1) is 17.4 Å². The number of amides is 2. The summed E-state index contributed by atoms with van der Waals surface area (Å²) in [4.78, 5) is 28.2. The Hall–Kier alpha value is -1.40. The van der Waals surface area contributed by atoms with E-state index in [0.29, 0.717) is 26.2 Å². The molecule has 2 fully saturated rings. The van der Waals surface area contributed by atoms with Gasteiger partial charge in [-0.2, -0.15) is 0 Å². The molecular weight excluding hydrogens is 324 g/mol. The Balaban J connectivity index is 1.74. The first-order valence-electron chi connectivity index (χ1n) is 8.76. The van der Waals surface area contributed by atoms with Crippen LogP contribution in [0.3, 0.4) is 0 Å². The maximum Gasteiger partial charge on any atom is 0.263 e. The van der Waals surface area contributed by atoms with Gasteiger partial charge in [0, 0.05) is 32.2 Å². The van der Waals surface area contributed by atoms with Crippen molar-refractivity contribution in [1.82, 2.24) is 10.2 Å². The summed E-state index contributed by atoms with van der Waals surface area (Å²) in [5, 5.41) is 4.92. The van der Waals surface area contributed by atoms with Crippen LogP contribution in [0.5, 0.6) is 0 Å². The largest absolute Gasteiger partial charge is 0.383 e. The van der Waals surface area contributed by atoms with Crippen molar-refractivity contribution in [2.75, 3.05) is 33.4 Å². The monoisotopic (exact) mass is 350 g/mol. The zero-order valence-corrected chi connectivity index (χ0v) is 15.1. The molecule has 1 N–H and O–H groups in total. The van der Waals surface area contributed by atoms with Crippen LogP contribution in [0.4, 0.5) is 0 Å².